The topological polar surface area (TPSA) is 74.5 Å². The Morgan fingerprint density at radius 1 is 1.27 bits per heavy atom. The molecule has 0 fully saturated rings. The second-order valence-corrected chi connectivity index (χ2v) is 6.53. The van der Waals surface area contributed by atoms with Crippen LogP contribution in [0.4, 0.5) is 0 Å². The van der Waals surface area contributed by atoms with Crippen LogP contribution in [0.2, 0.25) is 0 Å². The molecule has 0 amide bonds. The number of nitrogens with one attached hydrogen (secondary N) is 2. The van der Waals surface area contributed by atoms with Gasteiger partial charge in [-0.3, -0.25) is 4.68 Å². The molecule has 0 bridgehead atoms. The molecule has 1 unspecified atom stereocenters. The van der Waals surface area contributed by atoms with Gasteiger partial charge in [0, 0.05) is 31.9 Å². The molecule has 0 aliphatic rings. The monoisotopic (exact) mass is 471 g/mol. The van der Waals surface area contributed by atoms with Crippen LogP contribution in [0.1, 0.15) is 30.5 Å². The van der Waals surface area contributed by atoms with E-state index >= 15 is 0 Å². The number of aliphatic hydroxyl groups is 1. The van der Waals surface area contributed by atoms with Crippen molar-refractivity contribution in [3.05, 3.63) is 53.3 Å². The number of benzene rings is 1. The van der Waals surface area contributed by atoms with Crippen molar-refractivity contribution in [2.24, 2.45) is 12.0 Å². The molecule has 6 nitrogen and oxygen atoms in total. The van der Waals surface area contributed by atoms with Gasteiger partial charge in [0.15, 0.2) is 5.96 Å². The number of nitrogens with zero attached hydrogens (tertiary/aromatic N) is 3. The van der Waals surface area contributed by atoms with Gasteiger partial charge in [-0.05, 0) is 32.8 Å². The molecule has 1 aromatic heterocycles. The number of aromatic nitrogens is 2. The van der Waals surface area contributed by atoms with E-state index in [-0.39, 0.29) is 30.5 Å². The fourth-order valence-electron chi connectivity index (χ4n) is 2.45. The lowest BCUT2D eigenvalue weighted by Gasteiger charge is -2.20. The Kier molecular flexibility index (Phi) is 9.07. The number of halogens is 1. The largest absolute Gasteiger partial charge is 0.383 e. The maximum absolute atomic E-state index is 10.6. The van der Waals surface area contributed by atoms with Gasteiger partial charge in [-0.15, -0.1) is 24.0 Å². The summed E-state index contributed by atoms with van der Waals surface area (Å²) in [4.78, 5) is 4.52. The molecule has 1 heterocycles. The van der Waals surface area contributed by atoms with Crippen LogP contribution in [0.15, 0.2) is 41.7 Å². The van der Waals surface area contributed by atoms with Crippen molar-refractivity contribution in [1.82, 2.24) is 20.4 Å². The van der Waals surface area contributed by atoms with Gasteiger partial charge in [0.1, 0.15) is 5.60 Å². The molecule has 2 rings (SSSR count). The van der Waals surface area contributed by atoms with Crippen LogP contribution in [0, 0.1) is 6.92 Å². The summed E-state index contributed by atoms with van der Waals surface area (Å²) in [6, 6.07) is 8.54. The Bertz CT molecular complexity index is 694. The minimum atomic E-state index is -1.05. The minimum Gasteiger partial charge on any atom is -0.383 e. The second-order valence-electron chi connectivity index (χ2n) is 6.53. The SMILES string of the molecule is CCNC(=NCC(C)(O)c1cnn(C)c1)NCCc1ccc(C)cc1.I. The van der Waals surface area contributed by atoms with E-state index in [0.29, 0.717) is 5.96 Å². The summed E-state index contributed by atoms with van der Waals surface area (Å²) in [6.45, 7) is 7.68. The van der Waals surface area contributed by atoms with Gasteiger partial charge in [0.2, 0.25) is 0 Å². The van der Waals surface area contributed by atoms with E-state index in [1.807, 2.05) is 20.2 Å². The fraction of sp³-hybridized carbons (Fsp3) is 0.474. The highest BCUT2D eigenvalue weighted by Gasteiger charge is 2.24. The summed E-state index contributed by atoms with van der Waals surface area (Å²) < 4.78 is 1.68. The van der Waals surface area contributed by atoms with Crippen molar-refractivity contribution in [3.8, 4) is 0 Å². The third kappa shape index (κ3) is 6.95. The van der Waals surface area contributed by atoms with Crippen LogP contribution in [0.25, 0.3) is 0 Å². The zero-order chi connectivity index (χ0) is 18.3. The normalized spacial score (nSPS) is 13.7. The van der Waals surface area contributed by atoms with E-state index in [4.69, 9.17) is 0 Å². The van der Waals surface area contributed by atoms with Crippen molar-refractivity contribution < 1.29 is 5.11 Å². The van der Waals surface area contributed by atoms with Gasteiger partial charge >= 0.3 is 0 Å². The molecule has 0 radical (unpaired) electrons. The molecule has 0 aliphatic heterocycles. The molecule has 7 heteroatoms. The number of hydrogen-bond acceptors (Lipinski definition) is 3. The summed E-state index contributed by atoms with van der Waals surface area (Å²) >= 11 is 0. The minimum absolute atomic E-state index is 0. The van der Waals surface area contributed by atoms with Crippen LogP contribution in [-0.2, 0) is 19.1 Å². The molecular formula is C19H30IN5O. The second kappa shape index (κ2) is 10.5. The first-order chi connectivity index (χ1) is 11.9. The molecule has 1 aromatic carbocycles. The van der Waals surface area contributed by atoms with Gasteiger partial charge in [-0.2, -0.15) is 5.10 Å². The van der Waals surface area contributed by atoms with E-state index < -0.39 is 5.60 Å². The Morgan fingerprint density at radius 3 is 2.54 bits per heavy atom. The van der Waals surface area contributed by atoms with Gasteiger partial charge in [0.25, 0.3) is 0 Å². The summed E-state index contributed by atoms with van der Waals surface area (Å²) in [7, 11) is 1.83. The lowest BCUT2D eigenvalue weighted by molar-refractivity contribution is 0.0672. The Labute approximate surface area is 173 Å². The molecule has 2 aromatic rings. The molecule has 0 spiro atoms. The van der Waals surface area contributed by atoms with Crippen molar-refractivity contribution in [3.63, 3.8) is 0 Å². The van der Waals surface area contributed by atoms with E-state index in [1.165, 1.54) is 11.1 Å². The zero-order valence-electron chi connectivity index (χ0n) is 16.0. The molecule has 0 saturated carbocycles. The molecule has 0 saturated heterocycles. The Balaban J connectivity index is 0.00000338. The lowest BCUT2D eigenvalue weighted by atomic mass is 10.0. The van der Waals surface area contributed by atoms with Crippen LogP contribution in [0.3, 0.4) is 0 Å². The van der Waals surface area contributed by atoms with Crippen molar-refractivity contribution in [2.45, 2.75) is 32.8 Å². The number of aliphatic imine (C=N–C) groups is 1. The summed E-state index contributed by atoms with van der Waals surface area (Å²) in [5, 5.41) is 21.3. The molecule has 26 heavy (non-hydrogen) atoms. The fourth-order valence-corrected chi connectivity index (χ4v) is 2.45. The maximum Gasteiger partial charge on any atom is 0.191 e. The molecule has 1 atom stereocenters. The molecule has 144 valence electrons. The quantitative estimate of drug-likeness (QED) is 0.329. The highest BCUT2D eigenvalue weighted by molar-refractivity contribution is 14.0. The average Bonchev–Trinajstić information content (AvgIpc) is 3.02. The third-order valence-corrected chi connectivity index (χ3v) is 4.04. The Morgan fingerprint density at radius 2 is 1.96 bits per heavy atom. The first-order valence-electron chi connectivity index (χ1n) is 8.70. The summed E-state index contributed by atoms with van der Waals surface area (Å²) in [5.41, 5.74) is 2.27. The van der Waals surface area contributed by atoms with Gasteiger partial charge < -0.3 is 15.7 Å². The lowest BCUT2D eigenvalue weighted by Crippen LogP contribution is -2.39. The third-order valence-electron chi connectivity index (χ3n) is 4.04. The first-order valence-corrected chi connectivity index (χ1v) is 8.70. The van der Waals surface area contributed by atoms with Crippen LogP contribution < -0.4 is 10.6 Å². The van der Waals surface area contributed by atoms with Crippen LogP contribution in [0.5, 0.6) is 0 Å². The summed E-state index contributed by atoms with van der Waals surface area (Å²) in [5.74, 6) is 0.707. The van der Waals surface area contributed by atoms with Crippen molar-refractivity contribution >= 4 is 29.9 Å². The Hall–Kier alpha value is -1.61. The van der Waals surface area contributed by atoms with E-state index in [9.17, 15) is 5.11 Å². The van der Waals surface area contributed by atoms with E-state index in [2.05, 4.69) is 51.9 Å². The predicted molar refractivity (Wildman–Crippen MR) is 117 cm³/mol. The summed E-state index contributed by atoms with van der Waals surface area (Å²) in [6.07, 6.45) is 4.41. The average molecular weight is 471 g/mol. The standard InChI is InChI=1S/C19H29N5O.HI/c1-5-20-18(21-11-10-16-8-6-15(2)7-9-16)22-14-19(3,25)17-12-23-24(4)13-17;/h6-9,12-13,25H,5,10-11,14H2,1-4H3,(H2,20,21,22);1H. The van der Waals surface area contributed by atoms with E-state index in [0.717, 1.165) is 25.1 Å². The van der Waals surface area contributed by atoms with Crippen molar-refractivity contribution in [1.29, 1.82) is 0 Å². The predicted octanol–water partition coefficient (Wildman–Crippen LogP) is 2.35. The molecule has 0 aliphatic carbocycles. The molecular weight excluding hydrogens is 441 g/mol. The number of rotatable bonds is 7. The van der Waals surface area contributed by atoms with Gasteiger partial charge in [0.05, 0.1) is 12.7 Å². The first kappa shape index (κ1) is 22.4. The van der Waals surface area contributed by atoms with Gasteiger partial charge in [-0.1, -0.05) is 29.8 Å². The van der Waals surface area contributed by atoms with E-state index in [1.54, 1.807) is 17.8 Å². The number of guanidine groups is 1. The van der Waals surface area contributed by atoms with Crippen LogP contribution in [-0.4, -0.2) is 40.5 Å². The number of hydrogen-bond donors (Lipinski definition) is 3. The zero-order valence-corrected chi connectivity index (χ0v) is 18.3. The van der Waals surface area contributed by atoms with Gasteiger partial charge in [-0.25, -0.2) is 4.99 Å². The number of aryl methyl sites for hydroxylation is 2. The maximum atomic E-state index is 10.6. The smallest absolute Gasteiger partial charge is 0.191 e. The molecule has 3 N–H and O–H groups in total. The highest BCUT2D eigenvalue weighted by atomic mass is 127. The highest BCUT2D eigenvalue weighted by Crippen LogP contribution is 2.19. The van der Waals surface area contributed by atoms with Crippen LogP contribution >= 0.6 is 24.0 Å². The van der Waals surface area contributed by atoms with Crippen molar-refractivity contribution in [2.75, 3.05) is 19.6 Å².